The molecule has 0 aromatic rings. The highest BCUT2D eigenvalue weighted by Gasteiger charge is 2.33. The molecule has 112 valence electrons. The second-order valence-electron chi connectivity index (χ2n) is 5.16. The lowest BCUT2D eigenvalue weighted by atomic mass is 10.2. The first kappa shape index (κ1) is 16.8. The molecule has 1 N–H and O–H groups in total. The SMILES string of the molecule is CC(C)NCCCC(=O)N1CCSCC1S(C)(=O)=O. The van der Waals surface area contributed by atoms with Crippen LogP contribution in [0.25, 0.3) is 0 Å². The monoisotopic (exact) mass is 308 g/mol. The first-order valence-corrected chi connectivity index (χ1v) is 9.72. The van der Waals surface area contributed by atoms with Crippen molar-refractivity contribution in [1.82, 2.24) is 10.2 Å². The summed E-state index contributed by atoms with van der Waals surface area (Å²) >= 11 is 1.60. The van der Waals surface area contributed by atoms with Gasteiger partial charge in [-0.05, 0) is 13.0 Å². The number of rotatable bonds is 6. The van der Waals surface area contributed by atoms with E-state index in [9.17, 15) is 13.2 Å². The molecule has 0 aromatic carbocycles. The smallest absolute Gasteiger partial charge is 0.223 e. The van der Waals surface area contributed by atoms with Crippen molar-refractivity contribution >= 4 is 27.5 Å². The van der Waals surface area contributed by atoms with Crippen LogP contribution in [-0.2, 0) is 14.6 Å². The van der Waals surface area contributed by atoms with Crippen LogP contribution < -0.4 is 5.32 Å². The zero-order chi connectivity index (χ0) is 14.5. The lowest BCUT2D eigenvalue weighted by Gasteiger charge is -2.34. The Labute approximate surface area is 120 Å². The van der Waals surface area contributed by atoms with Gasteiger partial charge in [-0.3, -0.25) is 4.79 Å². The molecule has 0 radical (unpaired) electrons. The third-order valence-electron chi connectivity index (χ3n) is 3.02. The van der Waals surface area contributed by atoms with Gasteiger partial charge in [-0.1, -0.05) is 13.8 Å². The maximum absolute atomic E-state index is 12.1. The summed E-state index contributed by atoms with van der Waals surface area (Å²) in [5.74, 6) is 1.28. The summed E-state index contributed by atoms with van der Waals surface area (Å²) in [4.78, 5) is 13.7. The van der Waals surface area contributed by atoms with Crippen LogP contribution in [0.3, 0.4) is 0 Å². The largest absolute Gasteiger partial charge is 0.324 e. The summed E-state index contributed by atoms with van der Waals surface area (Å²) in [5.41, 5.74) is 0. The standard InChI is InChI=1S/C12H24N2O3S2/c1-10(2)13-6-4-5-11(15)14-7-8-18-9-12(14)19(3,16)17/h10,12-13H,4-9H2,1-3H3. The van der Waals surface area contributed by atoms with E-state index in [1.54, 1.807) is 16.7 Å². The molecule has 1 heterocycles. The van der Waals surface area contributed by atoms with Gasteiger partial charge in [-0.2, -0.15) is 11.8 Å². The van der Waals surface area contributed by atoms with Gasteiger partial charge < -0.3 is 10.2 Å². The van der Waals surface area contributed by atoms with E-state index >= 15 is 0 Å². The van der Waals surface area contributed by atoms with Gasteiger partial charge in [0.1, 0.15) is 5.37 Å². The minimum absolute atomic E-state index is 0.0405. The van der Waals surface area contributed by atoms with Crippen molar-refractivity contribution in [3.05, 3.63) is 0 Å². The zero-order valence-electron chi connectivity index (χ0n) is 11.9. The van der Waals surface area contributed by atoms with Crippen LogP contribution in [-0.4, -0.2) is 61.5 Å². The normalized spacial score (nSPS) is 20.8. The van der Waals surface area contributed by atoms with Crippen molar-refractivity contribution in [2.45, 2.75) is 38.1 Å². The van der Waals surface area contributed by atoms with E-state index in [-0.39, 0.29) is 5.91 Å². The van der Waals surface area contributed by atoms with Crippen molar-refractivity contribution < 1.29 is 13.2 Å². The molecule has 0 saturated carbocycles. The lowest BCUT2D eigenvalue weighted by molar-refractivity contribution is -0.131. The van der Waals surface area contributed by atoms with Crippen LogP contribution in [0.15, 0.2) is 0 Å². The Morgan fingerprint density at radius 1 is 1.47 bits per heavy atom. The Morgan fingerprint density at radius 2 is 2.16 bits per heavy atom. The average molecular weight is 308 g/mol. The quantitative estimate of drug-likeness (QED) is 0.732. The zero-order valence-corrected chi connectivity index (χ0v) is 13.5. The molecule has 7 heteroatoms. The van der Waals surface area contributed by atoms with E-state index < -0.39 is 15.2 Å². The number of hydrogen-bond acceptors (Lipinski definition) is 5. The number of carbonyl (C=O) groups is 1. The van der Waals surface area contributed by atoms with Crippen LogP contribution in [0.2, 0.25) is 0 Å². The highest BCUT2D eigenvalue weighted by atomic mass is 32.2. The first-order chi connectivity index (χ1) is 8.82. The highest BCUT2D eigenvalue weighted by molar-refractivity contribution is 8.00. The second kappa shape index (κ2) is 7.50. The topological polar surface area (TPSA) is 66.5 Å². The van der Waals surface area contributed by atoms with E-state index in [2.05, 4.69) is 19.2 Å². The van der Waals surface area contributed by atoms with E-state index in [1.165, 1.54) is 6.26 Å². The van der Waals surface area contributed by atoms with Crippen molar-refractivity contribution in [3.8, 4) is 0 Å². The number of nitrogens with one attached hydrogen (secondary N) is 1. The fourth-order valence-electron chi connectivity index (χ4n) is 2.00. The number of thioether (sulfide) groups is 1. The van der Waals surface area contributed by atoms with Crippen molar-refractivity contribution in [1.29, 1.82) is 0 Å². The third kappa shape index (κ3) is 5.71. The van der Waals surface area contributed by atoms with Crippen LogP contribution in [0.4, 0.5) is 0 Å². The minimum Gasteiger partial charge on any atom is -0.324 e. The molecule has 0 aliphatic carbocycles. The van der Waals surface area contributed by atoms with Gasteiger partial charge >= 0.3 is 0 Å². The molecule has 1 unspecified atom stereocenters. The maximum atomic E-state index is 12.1. The van der Waals surface area contributed by atoms with Crippen LogP contribution in [0, 0.1) is 0 Å². The molecule has 1 aliphatic heterocycles. The summed E-state index contributed by atoms with van der Waals surface area (Å²) < 4.78 is 23.4. The first-order valence-electron chi connectivity index (χ1n) is 6.62. The molecule has 1 fully saturated rings. The third-order valence-corrected chi connectivity index (χ3v) is 5.66. The van der Waals surface area contributed by atoms with Crippen molar-refractivity contribution in [3.63, 3.8) is 0 Å². The number of amides is 1. The lowest BCUT2D eigenvalue weighted by Crippen LogP contribution is -2.49. The Balaban J connectivity index is 2.49. The second-order valence-corrected chi connectivity index (χ2v) is 8.51. The highest BCUT2D eigenvalue weighted by Crippen LogP contribution is 2.21. The molecule has 5 nitrogen and oxygen atoms in total. The molecule has 1 amide bonds. The van der Waals surface area contributed by atoms with Gasteiger partial charge in [-0.15, -0.1) is 0 Å². The molecule has 0 aromatic heterocycles. The van der Waals surface area contributed by atoms with Crippen LogP contribution in [0.5, 0.6) is 0 Å². The number of carbonyl (C=O) groups excluding carboxylic acids is 1. The van der Waals surface area contributed by atoms with Crippen molar-refractivity contribution in [2.75, 3.05) is 30.9 Å². The molecule has 19 heavy (non-hydrogen) atoms. The molecule has 0 bridgehead atoms. The minimum atomic E-state index is -3.20. The number of nitrogens with zero attached hydrogens (tertiary/aromatic N) is 1. The molecule has 0 spiro atoms. The summed E-state index contributed by atoms with van der Waals surface area (Å²) in [5, 5.41) is 2.61. The van der Waals surface area contributed by atoms with E-state index in [1.807, 2.05) is 0 Å². The maximum Gasteiger partial charge on any atom is 0.223 e. The van der Waals surface area contributed by atoms with Crippen molar-refractivity contribution in [2.24, 2.45) is 0 Å². The molecular weight excluding hydrogens is 284 g/mol. The van der Waals surface area contributed by atoms with E-state index in [0.29, 0.717) is 24.8 Å². The van der Waals surface area contributed by atoms with Crippen LogP contribution in [0.1, 0.15) is 26.7 Å². The van der Waals surface area contributed by atoms with E-state index in [4.69, 9.17) is 0 Å². The Hall–Kier alpha value is -0.270. The number of hydrogen-bond donors (Lipinski definition) is 1. The fraction of sp³-hybridized carbons (Fsp3) is 0.917. The van der Waals surface area contributed by atoms with Gasteiger partial charge in [0.2, 0.25) is 5.91 Å². The van der Waals surface area contributed by atoms with E-state index in [0.717, 1.165) is 18.7 Å². The molecule has 1 rings (SSSR count). The molecule has 1 aliphatic rings. The Kier molecular flexibility index (Phi) is 6.62. The average Bonchev–Trinajstić information content (AvgIpc) is 2.33. The van der Waals surface area contributed by atoms with Gasteiger partial charge in [-0.25, -0.2) is 8.42 Å². The van der Waals surface area contributed by atoms with Gasteiger partial charge in [0, 0.05) is 36.8 Å². The van der Waals surface area contributed by atoms with Crippen LogP contribution >= 0.6 is 11.8 Å². The summed E-state index contributed by atoms with van der Waals surface area (Å²) in [6.45, 7) is 5.45. The summed E-state index contributed by atoms with van der Waals surface area (Å²) in [6, 6.07) is 0.408. The Bertz CT molecular complexity index is 396. The number of sulfone groups is 1. The Morgan fingerprint density at radius 3 is 2.74 bits per heavy atom. The summed E-state index contributed by atoms with van der Waals surface area (Å²) in [6.07, 6.45) is 2.37. The fourth-order valence-corrected chi connectivity index (χ4v) is 4.83. The molecular formula is C12H24N2O3S2. The predicted molar refractivity (Wildman–Crippen MR) is 80.0 cm³/mol. The molecule has 1 saturated heterocycles. The van der Waals surface area contributed by atoms with Gasteiger partial charge in [0.15, 0.2) is 9.84 Å². The molecule has 1 atom stereocenters. The predicted octanol–water partition coefficient (Wildman–Crippen LogP) is 0.711. The van der Waals surface area contributed by atoms with Gasteiger partial charge in [0.05, 0.1) is 0 Å². The van der Waals surface area contributed by atoms with Gasteiger partial charge in [0.25, 0.3) is 0 Å². The summed E-state index contributed by atoms with van der Waals surface area (Å²) in [7, 11) is -3.20.